The molecule has 0 aliphatic carbocycles. The minimum Gasteiger partial charge on any atom is -0.481 e. The fraction of sp³-hybridized carbons (Fsp3) is 0.750. The number of nitrogens with zero attached hydrogens (tertiary/aromatic N) is 1. The predicted octanol–water partition coefficient (Wildman–Crippen LogP) is 0.313. The zero-order valence-corrected chi connectivity index (χ0v) is 11.3. The number of primary amides is 1. The van der Waals surface area contributed by atoms with Gasteiger partial charge in [-0.15, -0.1) is 0 Å². The van der Waals surface area contributed by atoms with E-state index in [4.69, 9.17) is 10.8 Å². The van der Waals surface area contributed by atoms with Crippen LogP contribution in [0.5, 0.6) is 0 Å². The molecule has 3 N–H and O–H groups in total. The first-order valence-corrected chi connectivity index (χ1v) is 5.96. The van der Waals surface area contributed by atoms with Gasteiger partial charge in [0.05, 0.1) is 12.5 Å². The number of amides is 2. The molecule has 0 heterocycles. The maximum absolute atomic E-state index is 12.1. The average molecular weight is 258 g/mol. The topological polar surface area (TPSA) is 101 Å². The molecule has 0 aromatic carbocycles. The third kappa shape index (κ3) is 5.16. The molecule has 0 aliphatic heterocycles. The summed E-state index contributed by atoms with van der Waals surface area (Å²) in [5.74, 6) is -3.27. The van der Waals surface area contributed by atoms with Crippen LogP contribution in [0.15, 0.2) is 0 Å². The molecule has 0 saturated carbocycles. The van der Waals surface area contributed by atoms with Gasteiger partial charge in [-0.3, -0.25) is 14.4 Å². The van der Waals surface area contributed by atoms with E-state index < -0.39 is 23.7 Å². The minimum atomic E-state index is -1.03. The van der Waals surface area contributed by atoms with Crippen molar-refractivity contribution < 1.29 is 19.5 Å². The Morgan fingerprint density at radius 2 is 1.61 bits per heavy atom. The molecule has 18 heavy (non-hydrogen) atoms. The summed E-state index contributed by atoms with van der Waals surface area (Å²) in [6.45, 7) is 7.06. The fourth-order valence-electron chi connectivity index (χ4n) is 1.58. The summed E-state index contributed by atoms with van der Waals surface area (Å²) in [6, 6.07) is 0. The fourth-order valence-corrected chi connectivity index (χ4v) is 1.58. The van der Waals surface area contributed by atoms with Gasteiger partial charge in [-0.25, -0.2) is 0 Å². The molecule has 0 rings (SSSR count). The SMILES string of the molecule is CC(C)CN(CC(N)=O)C(=O)C(C)C(C)C(=O)O. The number of carboxylic acid groups (broad SMARTS) is 1. The molecule has 2 unspecified atom stereocenters. The van der Waals surface area contributed by atoms with Crippen molar-refractivity contribution in [3.63, 3.8) is 0 Å². The zero-order valence-electron chi connectivity index (χ0n) is 11.3. The zero-order chi connectivity index (χ0) is 14.5. The van der Waals surface area contributed by atoms with E-state index in [2.05, 4.69) is 0 Å². The highest BCUT2D eigenvalue weighted by Gasteiger charge is 2.30. The van der Waals surface area contributed by atoms with Gasteiger partial charge in [0, 0.05) is 12.5 Å². The molecule has 6 heteroatoms. The second-order valence-corrected chi connectivity index (χ2v) is 4.99. The molecule has 0 aliphatic rings. The van der Waals surface area contributed by atoms with Crippen molar-refractivity contribution in [2.75, 3.05) is 13.1 Å². The maximum Gasteiger partial charge on any atom is 0.307 e. The number of carbonyl (C=O) groups excluding carboxylic acids is 2. The second kappa shape index (κ2) is 6.98. The average Bonchev–Trinajstić information content (AvgIpc) is 2.23. The van der Waals surface area contributed by atoms with E-state index in [0.29, 0.717) is 6.54 Å². The van der Waals surface area contributed by atoms with Gasteiger partial charge in [0.25, 0.3) is 0 Å². The van der Waals surface area contributed by atoms with E-state index >= 15 is 0 Å². The molecule has 0 fully saturated rings. The molecular formula is C12H22N2O4. The second-order valence-electron chi connectivity index (χ2n) is 4.99. The molecule has 0 saturated heterocycles. The number of hydrogen-bond donors (Lipinski definition) is 2. The van der Waals surface area contributed by atoms with Crippen molar-refractivity contribution >= 4 is 17.8 Å². The molecule has 0 radical (unpaired) electrons. The Morgan fingerprint density at radius 1 is 1.11 bits per heavy atom. The van der Waals surface area contributed by atoms with E-state index in [0.717, 1.165) is 0 Å². The van der Waals surface area contributed by atoms with Crippen LogP contribution in [0, 0.1) is 17.8 Å². The Morgan fingerprint density at radius 3 is 1.94 bits per heavy atom. The quantitative estimate of drug-likeness (QED) is 0.686. The molecule has 2 atom stereocenters. The van der Waals surface area contributed by atoms with Crippen LogP contribution in [0.25, 0.3) is 0 Å². The van der Waals surface area contributed by atoms with E-state index in [1.165, 1.54) is 11.8 Å². The van der Waals surface area contributed by atoms with Crippen LogP contribution in [0.4, 0.5) is 0 Å². The van der Waals surface area contributed by atoms with Gasteiger partial charge in [0.1, 0.15) is 0 Å². The lowest BCUT2D eigenvalue weighted by Gasteiger charge is -2.27. The van der Waals surface area contributed by atoms with Gasteiger partial charge < -0.3 is 15.7 Å². The first kappa shape index (κ1) is 16.4. The number of carboxylic acids is 1. The van der Waals surface area contributed by atoms with Crippen molar-refractivity contribution in [2.45, 2.75) is 27.7 Å². The van der Waals surface area contributed by atoms with Crippen molar-refractivity contribution in [2.24, 2.45) is 23.5 Å². The van der Waals surface area contributed by atoms with Gasteiger partial charge >= 0.3 is 5.97 Å². The first-order valence-electron chi connectivity index (χ1n) is 5.96. The molecule has 6 nitrogen and oxygen atoms in total. The van der Waals surface area contributed by atoms with Crippen molar-refractivity contribution in [1.29, 1.82) is 0 Å². The third-order valence-corrected chi connectivity index (χ3v) is 2.77. The van der Waals surface area contributed by atoms with E-state index in [9.17, 15) is 14.4 Å². The summed E-state index contributed by atoms with van der Waals surface area (Å²) in [6.07, 6.45) is 0. The Labute approximate surface area is 107 Å². The highest BCUT2D eigenvalue weighted by atomic mass is 16.4. The molecule has 0 bridgehead atoms. The summed E-state index contributed by atoms with van der Waals surface area (Å²) in [4.78, 5) is 35.2. The Balaban J connectivity index is 4.83. The van der Waals surface area contributed by atoms with Crippen LogP contribution in [0.1, 0.15) is 27.7 Å². The Bertz CT molecular complexity index is 328. The summed E-state index contributed by atoms with van der Waals surface area (Å²) < 4.78 is 0. The van der Waals surface area contributed by atoms with Gasteiger partial charge in [-0.05, 0) is 5.92 Å². The number of carbonyl (C=O) groups is 3. The number of nitrogens with two attached hydrogens (primary N) is 1. The van der Waals surface area contributed by atoms with Crippen molar-refractivity contribution in [3.8, 4) is 0 Å². The van der Waals surface area contributed by atoms with Crippen molar-refractivity contribution in [3.05, 3.63) is 0 Å². The van der Waals surface area contributed by atoms with Gasteiger partial charge in [0.2, 0.25) is 11.8 Å². The van der Waals surface area contributed by atoms with Crippen LogP contribution in [0.2, 0.25) is 0 Å². The van der Waals surface area contributed by atoms with E-state index in [1.807, 2.05) is 13.8 Å². The summed E-state index contributed by atoms with van der Waals surface area (Å²) in [7, 11) is 0. The molecule has 0 spiro atoms. The molecule has 2 amide bonds. The standard InChI is InChI=1S/C12H22N2O4/c1-7(2)5-14(6-10(13)15)11(16)8(3)9(4)12(17)18/h7-9H,5-6H2,1-4H3,(H2,13,15)(H,17,18). The maximum atomic E-state index is 12.1. The van der Waals surface area contributed by atoms with Crippen LogP contribution in [-0.4, -0.2) is 40.9 Å². The molecule has 0 aromatic rings. The van der Waals surface area contributed by atoms with E-state index in [-0.39, 0.29) is 18.4 Å². The number of hydrogen-bond acceptors (Lipinski definition) is 3. The third-order valence-electron chi connectivity index (χ3n) is 2.77. The van der Waals surface area contributed by atoms with Gasteiger partial charge in [-0.2, -0.15) is 0 Å². The molecule has 0 aromatic heterocycles. The summed E-state index contributed by atoms with van der Waals surface area (Å²) in [5.41, 5.74) is 5.09. The minimum absolute atomic E-state index is 0.173. The van der Waals surface area contributed by atoms with Crippen LogP contribution in [-0.2, 0) is 14.4 Å². The van der Waals surface area contributed by atoms with Crippen LogP contribution >= 0.6 is 0 Å². The smallest absolute Gasteiger partial charge is 0.307 e. The lowest BCUT2D eigenvalue weighted by atomic mass is 9.94. The number of rotatable bonds is 7. The lowest BCUT2D eigenvalue weighted by Crippen LogP contribution is -2.45. The summed E-state index contributed by atoms with van der Waals surface area (Å²) in [5, 5.41) is 8.88. The van der Waals surface area contributed by atoms with Gasteiger partial charge in [-0.1, -0.05) is 27.7 Å². The molecule has 104 valence electrons. The largest absolute Gasteiger partial charge is 0.481 e. The molecular weight excluding hydrogens is 236 g/mol. The van der Waals surface area contributed by atoms with Crippen molar-refractivity contribution in [1.82, 2.24) is 4.90 Å². The van der Waals surface area contributed by atoms with Crippen LogP contribution < -0.4 is 5.73 Å². The Kier molecular flexibility index (Phi) is 6.36. The van der Waals surface area contributed by atoms with E-state index in [1.54, 1.807) is 6.92 Å². The highest BCUT2D eigenvalue weighted by Crippen LogP contribution is 2.15. The lowest BCUT2D eigenvalue weighted by molar-refractivity contribution is -0.149. The van der Waals surface area contributed by atoms with Gasteiger partial charge in [0.15, 0.2) is 0 Å². The Hall–Kier alpha value is -1.59. The predicted molar refractivity (Wildman–Crippen MR) is 66.6 cm³/mol. The first-order chi connectivity index (χ1) is 8.16. The monoisotopic (exact) mass is 258 g/mol. The van der Waals surface area contributed by atoms with Crippen LogP contribution in [0.3, 0.4) is 0 Å². The number of aliphatic carboxylic acids is 1. The highest BCUT2D eigenvalue weighted by molar-refractivity contribution is 5.87. The summed E-state index contributed by atoms with van der Waals surface area (Å²) >= 11 is 0. The normalized spacial score (nSPS) is 14.1.